The number of thioether (sulfide) groups is 1. The number of benzene rings is 1. The Labute approximate surface area is 139 Å². The molecule has 0 aromatic heterocycles. The Hall–Kier alpha value is -1.29. The van der Waals surface area contributed by atoms with E-state index in [1.54, 1.807) is 45.9 Å². The van der Waals surface area contributed by atoms with Crippen LogP contribution < -0.4 is 0 Å². The van der Waals surface area contributed by atoms with E-state index >= 15 is 0 Å². The number of allylic oxidation sites excluding steroid dienone is 2. The lowest BCUT2D eigenvalue weighted by atomic mass is 10.2. The van der Waals surface area contributed by atoms with Crippen molar-refractivity contribution in [3.8, 4) is 5.75 Å². The molecule has 0 saturated carbocycles. The van der Waals surface area contributed by atoms with E-state index in [-0.39, 0.29) is 12.4 Å². The van der Waals surface area contributed by atoms with Gasteiger partial charge in [-0.3, -0.25) is 0 Å². The highest BCUT2D eigenvalue weighted by atomic mass is 33.1. The normalized spacial score (nSPS) is 19.1. The van der Waals surface area contributed by atoms with Gasteiger partial charge < -0.3 is 10.2 Å². The van der Waals surface area contributed by atoms with Crippen LogP contribution in [0.5, 0.6) is 5.75 Å². The van der Waals surface area contributed by atoms with Gasteiger partial charge in [0.15, 0.2) is 0 Å². The van der Waals surface area contributed by atoms with Crippen LogP contribution in [0.3, 0.4) is 0 Å². The summed E-state index contributed by atoms with van der Waals surface area (Å²) in [5.74, 6) is 0.894. The van der Waals surface area contributed by atoms with Crippen LogP contribution in [-0.4, -0.2) is 22.6 Å². The van der Waals surface area contributed by atoms with E-state index < -0.39 is 4.99 Å². The molecule has 0 aliphatic carbocycles. The first-order chi connectivity index (χ1) is 10.7. The second-order valence-electron chi connectivity index (χ2n) is 4.41. The predicted molar refractivity (Wildman–Crippen MR) is 90.4 cm³/mol. The fourth-order valence-corrected chi connectivity index (χ4v) is 5.17. The van der Waals surface area contributed by atoms with Gasteiger partial charge in [0.05, 0.1) is 6.61 Å². The van der Waals surface area contributed by atoms with Crippen LogP contribution >= 0.6 is 33.3 Å². The van der Waals surface area contributed by atoms with E-state index in [9.17, 15) is 5.11 Å². The maximum Gasteiger partial charge on any atom is 0.266 e. The van der Waals surface area contributed by atoms with E-state index in [1.807, 2.05) is 12.2 Å². The molecule has 0 unspecified atom stereocenters. The predicted octanol–water partition coefficient (Wildman–Crippen LogP) is 4.22. The zero-order valence-electron chi connectivity index (χ0n) is 11.3. The molecule has 0 radical (unpaired) electrons. The molecule has 22 heavy (non-hydrogen) atoms. The number of aromatic hydroxyl groups is 1. The zero-order valence-corrected chi connectivity index (χ0v) is 13.7. The Morgan fingerprint density at radius 1 is 1.00 bits per heavy atom. The van der Waals surface area contributed by atoms with E-state index in [0.29, 0.717) is 5.75 Å². The number of nitrogens with zero attached hydrogens (tertiary/aromatic N) is 4. The van der Waals surface area contributed by atoms with Crippen LogP contribution in [0.2, 0.25) is 0 Å². The van der Waals surface area contributed by atoms with Crippen molar-refractivity contribution >= 4 is 33.3 Å². The molecule has 0 amide bonds. The van der Waals surface area contributed by atoms with Crippen LogP contribution in [0.15, 0.2) is 66.9 Å². The van der Waals surface area contributed by atoms with Crippen molar-refractivity contribution in [2.75, 3.05) is 12.4 Å². The maximum absolute atomic E-state index is 9.41. The number of rotatable bonds is 5. The molecule has 1 aromatic carbocycles. The van der Waals surface area contributed by atoms with Gasteiger partial charge in [0.2, 0.25) is 0 Å². The first-order valence-corrected chi connectivity index (χ1v) is 9.48. The number of hydrogen-bond acceptors (Lipinski definition) is 9. The van der Waals surface area contributed by atoms with E-state index in [4.69, 9.17) is 5.11 Å². The van der Waals surface area contributed by atoms with Gasteiger partial charge in [-0.1, -0.05) is 39.4 Å². The lowest BCUT2D eigenvalue weighted by Crippen LogP contribution is -2.14. The molecule has 1 aromatic rings. The second-order valence-corrected chi connectivity index (χ2v) is 7.94. The quantitative estimate of drug-likeness (QED) is 0.774. The third-order valence-corrected chi connectivity index (χ3v) is 6.96. The van der Waals surface area contributed by atoms with Crippen molar-refractivity contribution in [1.29, 1.82) is 0 Å². The average molecular weight is 352 g/mol. The van der Waals surface area contributed by atoms with E-state index in [2.05, 4.69) is 20.7 Å². The van der Waals surface area contributed by atoms with Gasteiger partial charge in [0.1, 0.15) is 5.75 Å². The summed E-state index contributed by atoms with van der Waals surface area (Å²) in [4.78, 5) is 1.20. The minimum atomic E-state index is -0.888. The summed E-state index contributed by atoms with van der Waals surface area (Å²) in [5, 5.41) is 34.1. The van der Waals surface area contributed by atoms with E-state index in [1.165, 1.54) is 11.8 Å². The monoisotopic (exact) mass is 352 g/mol. The summed E-state index contributed by atoms with van der Waals surface area (Å²) < 4.78 is 0. The van der Waals surface area contributed by atoms with Crippen LogP contribution in [-0.2, 0) is 4.99 Å². The highest BCUT2D eigenvalue weighted by Gasteiger charge is 2.36. The molecule has 0 bridgehead atoms. The molecule has 2 aliphatic heterocycles. The van der Waals surface area contributed by atoms with Gasteiger partial charge in [-0.2, -0.15) is 0 Å². The molecule has 114 valence electrons. The largest absolute Gasteiger partial charge is 0.508 e. The first-order valence-electron chi connectivity index (χ1n) is 6.34. The van der Waals surface area contributed by atoms with Gasteiger partial charge in [0, 0.05) is 21.1 Å². The Balaban J connectivity index is 1.75. The summed E-state index contributed by atoms with van der Waals surface area (Å²) in [6.07, 6.45) is 3.91. The topological polar surface area (TPSA) is 89.9 Å². The van der Waals surface area contributed by atoms with Crippen molar-refractivity contribution in [3.63, 3.8) is 0 Å². The van der Waals surface area contributed by atoms with Crippen LogP contribution in [0, 0.1) is 0 Å². The Kier molecular flexibility index (Phi) is 4.87. The fraction of sp³-hybridized carbons (Fsp3) is 0.231. The Bertz CT molecular complexity index is 658. The van der Waals surface area contributed by atoms with Crippen molar-refractivity contribution in [2.24, 2.45) is 20.7 Å². The minimum Gasteiger partial charge on any atom is -0.508 e. The summed E-state index contributed by atoms with van der Waals surface area (Å²) in [6.45, 7) is 0.0640. The van der Waals surface area contributed by atoms with Crippen molar-refractivity contribution < 1.29 is 10.2 Å². The average Bonchev–Trinajstić information content (AvgIpc) is 3.04. The zero-order chi connectivity index (χ0) is 15.4. The van der Waals surface area contributed by atoms with Crippen molar-refractivity contribution in [2.45, 2.75) is 4.99 Å². The van der Waals surface area contributed by atoms with E-state index in [0.717, 1.165) is 15.4 Å². The third-order valence-electron chi connectivity index (χ3n) is 2.93. The number of aliphatic hydroxyl groups is 1. The van der Waals surface area contributed by atoms with Gasteiger partial charge >= 0.3 is 0 Å². The summed E-state index contributed by atoms with van der Waals surface area (Å²) >= 11 is 1.51. The molecule has 3 rings (SSSR count). The summed E-state index contributed by atoms with van der Waals surface area (Å²) in [6, 6.07) is 6.74. The summed E-state index contributed by atoms with van der Waals surface area (Å²) in [7, 11) is 3.18. The van der Waals surface area contributed by atoms with Gasteiger partial charge in [-0.15, -0.1) is 10.2 Å². The molecule has 0 saturated heterocycles. The lowest BCUT2D eigenvalue weighted by molar-refractivity contribution is 0.339. The van der Waals surface area contributed by atoms with Crippen LogP contribution in [0.25, 0.3) is 0 Å². The SMILES string of the molecule is OCC1=CC=C(CSC2(c3ccc(O)cc3)N=NN=N2)SS1. The fourth-order valence-electron chi connectivity index (χ4n) is 1.79. The van der Waals surface area contributed by atoms with Crippen molar-refractivity contribution in [1.82, 2.24) is 0 Å². The smallest absolute Gasteiger partial charge is 0.266 e. The van der Waals surface area contributed by atoms with Crippen LogP contribution in [0.1, 0.15) is 5.56 Å². The number of aliphatic hydroxyl groups excluding tert-OH is 1. The van der Waals surface area contributed by atoms with Gasteiger partial charge in [0.25, 0.3) is 4.99 Å². The number of phenolic OH excluding ortho intramolecular Hbond substituents is 1. The molecule has 9 heteroatoms. The Morgan fingerprint density at radius 2 is 1.64 bits per heavy atom. The number of phenols is 1. The molecule has 0 fully saturated rings. The molecular weight excluding hydrogens is 340 g/mol. The molecule has 2 aliphatic rings. The van der Waals surface area contributed by atoms with Gasteiger partial charge in [-0.25, -0.2) is 0 Å². The standard InChI is InChI=1S/C13H12N4O2S3/c18-7-11-5-6-12(22-21-11)8-20-13(14-16-17-15-13)9-1-3-10(19)4-2-9/h1-6,18-19H,7-8H2. The van der Waals surface area contributed by atoms with Crippen molar-refractivity contribution in [3.05, 3.63) is 51.8 Å². The molecule has 2 heterocycles. The first kappa shape index (κ1) is 15.6. The maximum atomic E-state index is 9.41. The van der Waals surface area contributed by atoms with Crippen LogP contribution in [0.4, 0.5) is 0 Å². The molecular formula is C13H12N4O2S3. The minimum absolute atomic E-state index is 0.0640. The van der Waals surface area contributed by atoms with Gasteiger partial charge in [-0.05, 0) is 40.8 Å². The molecule has 6 nitrogen and oxygen atoms in total. The highest BCUT2D eigenvalue weighted by molar-refractivity contribution is 8.79. The lowest BCUT2D eigenvalue weighted by Gasteiger charge is -2.20. The highest BCUT2D eigenvalue weighted by Crippen LogP contribution is 2.47. The molecule has 2 N–H and O–H groups in total. The molecule has 0 atom stereocenters. The molecule has 0 spiro atoms. The number of hydrogen-bond donors (Lipinski definition) is 2. The summed E-state index contributed by atoms with van der Waals surface area (Å²) in [5.41, 5.74) is 0.820. The Morgan fingerprint density at radius 3 is 2.23 bits per heavy atom. The second kappa shape index (κ2) is 6.86. The third kappa shape index (κ3) is 3.37.